The van der Waals surface area contributed by atoms with E-state index in [0.717, 1.165) is 5.56 Å². The van der Waals surface area contributed by atoms with Gasteiger partial charge in [0.25, 0.3) is 5.91 Å². The highest BCUT2D eigenvalue weighted by atomic mass is 16.5. The number of benzene rings is 1. The second-order valence-corrected chi connectivity index (χ2v) is 4.11. The molecule has 0 saturated carbocycles. The number of aryl methyl sites for hydroxylation is 1. The number of ether oxygens (including phenoxy) is 1. The summed E-state index contributed by atoms with van der Waals surface area (Å²) in [5.74, 6) is 0.0688. The Kier molecular flexibility index (Phi) is 3.80. The number of hydrogen-bond donors (Lipinski definition) is 1. The largest absolute Gasteiger partial charge is 0.494 e. The summed E-state index contributed by atoms with van der Waals surface area (Å²) in [6, 6.07) is 9.58. The molecule has 0 aliphatic carbocycles. The van der Waals surface area contributed by atoms with E-state index in [1.54, 1.807) is 13.3 Å². The molecule has 0 aliphatic heterocycles. The number of hydrogen-bond acceptors (Lipinski definition) is 3. The first kappa shape index (κ1) is 13.1. The summed E-state index contributed by atoms with van der Waals surface area (Å²) in [4.78, 5) is 16.0. The molecule has 0 saturated heterocycles. The van der Waals surface area contributed by atoms with Crippen LogP contribution in [0.25, 0.3) is 11.1 Å². The third-order valence-electron chi connectivity index (χ3n) is 2.99. The molecule has 0 aliphatic rings. The normalized spacial score (nSPS) is 10.2. The molecule has 1 aromatic carbocycles. The van der Waals surface area contributed by atoms with Gasteiger partial charge in [0.1, 0.15) is 5.75 Å². The van der Waals surface area contributed by atoms with Gasteiger partial charge in [-0.05, 0) is 12.0 Å². The zero-order chi connectivity index (χ0) is 13.8. The van der Waals surface area contributed by atoms with Crippen LogP contribution in [0.1, 0.15) is 23.0 Å². The van der Waals surface area contributed by atoms with E-state index in [1.807, 2.05) is 37.3 Å². The standard InChI is InChI=1S/C15H16N2O2/c1-3-11-14(15(16)18)13(12(19-2)9-17-11)10-7-5-4-6-8-10/h4-9H,3H2,1-2H3,(H2,16,18). The highest BCUT2D eigenvalue weighted by molar-refractivity contribution is 6.02. The van der Waals surface area contributed by atoms with Crippen molar-refractivity contribution in [1.29, 1.82) is 0 Å². The third-order valence-corrected chi connectivity index (χ3v) is 2.99. The molecule has 1 heterocycles. The SMILES string of the molecule is CCc1ncc(OC)c(-c2ccccc2)c1C(N)=O. The highest BCUT2D eigenvalue weighted by Crippen LogP contribution is 2.34. The van der Waals surface area contributed by atoms with Gasteiger partial charge in [-0.25, -0.2) is 0 Å². The van der Waals surface area contributed by atoms with Crippen LogP contribution in [0.5, 0.6) is 5.75 Å². The van der Waals surface area contributed by atoms with Crippen LogP contribution in [0, 0.1) is 0 Å². The van der Waals surface area contributed by atoms with E-state index in [9.17, 15) is 4.79 Å². The van der Waals surface area contributed by atoms with Crippen molar-refractivity contribution < 1.29 is 9.53 Å². The van der Waals surface area contributed by atoms with E-state index in [4.69, 9.17) is 10.5 Å². The number of pyridine rings is 1. The van der Waals surface area contributed by atoms with Gasteiger partial charge in [0.2, 0.25) is 0 Å². The molecule has 19 heavy (non-hydrogen) atoms. The molecule has 0 spiro atoms. The van der Waals surface area contributed by atoms with Gasteiger partial charge in [-0.15, -0.1) is 0 Å². The van der Waals surface area contributed by atoms with E-state index in [2.05, 4.69) is 4.98 Å². The van der Waals surface area contributed by atoms with Gasteiger partial charge < -0.3 is 10.5 Å². The van der Waals surface area contributed by atoms with Crippen LogP contribution in [-0.2, 0) is 6.42 Å². The second-order valence-electron chi connectivity index (χ2n) is 4.11. The van der Waals surface area contributed by atoms with E-state index in [1.165, 1.54) is 0 Å². The lowest BCUT2D eigenvalue weighted by atomic mass is 9.96. The summed E-state index contributed by atoms with van der Waals surface area (Å²) in [7, 11) is 1.56. The first-order valence-electron chi connectivity index (χ1n) is 6.10. The third kappa shape index (κ3) is 2.42. The predicted molar refractivity (Wildman–Crippen MR) is 74.1 cm³/mol. The number of methoxy groups -OCH3 is 1. The molecule has 1 amide bonds. The van der Waals surface area contributed by atoms with Gasteiger partial charge in [-0.3, -0.25) is 9.78 Å². The highest BCUT2D eigenvalue weighted by Gasteiger charge is 2.20. The van der Waals surface area contributed by atoms with Crippen molar-refractivity contribution >= 4 is 5.91 Å². The monoisotopic (exact) mass is 256 g/mol. The van der Waals surface area contributed by atoms with Gasteiger partial charge in [0.15, 0.2) is 0 Å². The van der Waals surface area contributed by atoms with Crippen molar-refractivity contribution in [2.24, 2.45) is 5.73 Å². The fourth-order valence-corrected chi connectivity index (χ4v) is 2.11. The first-order valence-corrected chi connectivity index (χ1v) is 6.10. The average molecular weight is 256 g/mol. The van der Waals surface area contributed by atoms with E-state index >= 15 is 0 Å². The summed E-state index contributed by atoms with van der Waals surface area (Å²) >= 11 is 0. The maximum atomic E-state index is 11.8. The van der Waals surface area contributed by atoms with Gasteiger partial charge >= 0.3 is 0 Å². The Hall–Kier alpha value is -2.36. The Labute approximate surface area is 112 Å². The van der Waals surface area contributed by atoms with Crippen molar-refractivity contribution in [3.8, 4) is 16.9 Å². The smallest absolute Gasteiger partial charge is 0.251 e. The van der Waals surface area contributed by atoms with E-state index < -0.39 is 5.91 Å². The maximum absolute atomic E-state index is 11.8. The summed E-state index contributed by atoms with van der Waals surface area (Å²) < 4.78 is 5.32. The number of aromatic nitrogens is 1. The van der Waals surface area contributed by atoms with Crippen LogP contribution in [0.2, 0.25) is 0 Å². The maximum Gasteiger partial charge on any atom is 0.251 e. The average Bonchev–Trinajstić information content (AvgIpc) is 2.46. The van der Waals surface area contributed by atoms with Crippen LogP contribution in [0.3, 0.4) is 0 Å². The van der Waals surface area contributed by atoms with Crippen LogP contribution in [0.4, 0.5) is 0 Å². The Morgan fingerprint density at radius 3 is 2.53 bits per heavy atom. The fourth-order valence-electron chi connectivity index (χ4n) is 2.11. The summed E-state index contributed by atoms with van der Waals surface area (Å²) in [5, 5.41) is 0. The Bertz CT molecular complexity index is 595. The predicted octanol–water partition coefficient (Wildman–Crippen LogP) is 2.42. The van der Waals surface area contributed by atoms with Crippen LogP contribution in [-0.4, -0.2) is 18.0 Å². The van der Waals surface area contributed by atoms with Crippen LogP contribution < -0.4 is 10.5 Å². The number of rotatable bonds is 4. The number of carbonyl (C=O) groups excluding carboxylic acids is 1. The van der Waals surface area contributed by atoms with E-state index in [0.29, 0.717) is 29.0 Å². The van der Waals surface area contributed by atoms with Gasteiger partial charge in [0.05, 0.1) is 24.6 Å². The molecule has 0 unspecified atom stereocenters. The number of primary amides is 1. The number of amides is 1. The summed E-state index contributed by atoms with van der Waals surface area (Å²) in [5.41, 5.74) is 8.25. The minimum absolute atomic E-state index is 0.438. The lowest BCUT2D eigenvalue weighted by Gasteiger charge is -2.14. The minimum atomic E-state index is -0.484. The van der Waals surface area contributed by atoms with Crippen LogP contribution in [0.15, 0.2) is 36.5 Å². The number of carbonyl (C=O) groups is 1. The summed E-state index contributed by atoms with van der Waals surface area (Å²) in [6.07, 6.45) is 2.27. The zero-order valence-corrected chi connectivity index (χ0v) is 11.0. The Morgan fingerprint density at radius 2 is 2.00 bits per heavy atom. The summed E-state index contributed by atoms with van der Waals surface area (Å²) in [6.45, 7) is 1.94. The number of nitrogens with two attached hydrogens (primary N) is 1. The molecular formula is C15H16N2O2. The van der Waals surface area contributed by atoms with Crippen molar-refractivity contribution in [3.63, 3.8) is 0 Å². The van der Waals surface area contributed by atoms with Crippen molar-refractivity contribution in [1.82, 2.24) is 4.98 Å². The molecule has 2 aromatic rings. The van der Waals surface area contributed by atoms with Crippen molar-refractivity contribution in [2.75, 3.05) is 7.11 Å². The van der Waals surface area contributed by atoms with Crippen molar-refractivity contribution in [2.45, 2.75) is 13.3 Å². The molecule has 98 valence electrons. The molecule has 4 heteroatoms. The lowest BCUT2D eigenvalue weighted by Crippen LogP contribution is -2.17. The molecule has 2 N–H and O–H groups in total. The van der Waals surface area contributed by atoms with E-state index in [-0.39, 0.29) is 0 Å². The molecule has 0 atom stereocenters. The molecular weight excluding hydrogens is 240 g/mol. The molecule has 1 aromatic heterocycles. The molecule has 2 rings (SSSR count). The van der Waals surface area contributed by atoms with Crippen LogP contribution >= 0.6 is 0 Å². The minimum Gasteiger partial charge on any atom is -0.494 e. The molecule has 0 fully saturated rings. The topological polar surface area (TPSA) is 65.2 Å². The second kappa shape index (κ2) is 5.52. The quantitative estimate of drug-likeness (QED) is 0.913. The van der Waals surface area contributed by atoms with Gasteiger partial charge in [-0.1, -0.05) is 37.3 Å². The fraction of sp³-hybridized carbons (Fsp3) is 0.200. The Morgan fingerprint density at radius 1 is 1.32 bits per heavy atom. The molecule has 0 bridgehead atoms. The van der Waals surface area contributed by atoms with Gasteiger partial charge in [0, 0.05) is 5.56 Å². The van der Waals surface area contributed by atoms with Gasteiger partial charge in [-0.2, -0.15) is 0 Å². The Balaban J connectivity index is 2.78. The zero-order valence-electron chi connectivity index (χ0n) is 11.0. The molecule has 0 radical (unpaired) electrons. The van der Waals surface area contributed by atoms with Crippen molar-refractivity contribution in [3.05, 3.63) is 47.8 Å². The number of nitrogens with zero attached hydrogens (tertiary/aromatic N) is 1. The molecule has 4 nitrogen and oxygen atoms in total. The lowest BCUT2D eigenvalue weighted by molar-refractivity contribution is 0.0999. The first-order chi connectivity index (χ1) is 9.19.